The largest absolute Gasteiger partial charge is 0.478 e. The second-order valence-electron chi connectivity index (χ2n) is 5.69. The van der Waals surface area contributed by atoms with Gasteiger partial charge < -0.3 is 19.7 Å². The highest BCUT2D eigenvalue weighted by atomic mass is 16.6. The maximum atomic E-state index is 11.5. The lowest BCUT2D eigenvalue weighted by molar-refractivity contribution is -0.188. The highest BCUT2D eigenvalue weighted by molar-refractivity contribution is 5.87. The zero-order valence-corrected chi connectivity index (χ0v) is 13.1. The van der Waals surface area contributed by atoms with Gasteiger partial charge in [-0.25, -0.2) is 9.59 Å². The van der Waals surface area contributed by atoms with Crippen molar-refractivity contribution < 1.29 is 38.9 Å². The molecule has 2 atom stereocenters. The van der Waals surface area contributed by atoms with Crippen LogP contribution < -0.4 is 0 Å². The molecule has 126 valence electrons. The number of hydrogen-bond donors (Lipinski definition) is 2. The zero-order valence-electron chi connectivity index (χ0n) is 13.1. The Morgan fingerprint density at radius 1 is 0.727 bits per heavy atom. The molecule has 2 unspecified atom stereocenters. The summed E-state index contributed by atoms with van der Waals surface area (Å²) in [6, 6.07) is 0. The van der Waals surface area contributed by atoms with Crippen LogP contribution in [0, 0.1) is 11.8 Å². The van der Waals surface area contributed by atoms with Crippen molar-refractivity contribution in [2.45, 2.75) is 52.7 Å². The maximum Gasteiger partial charge on any atom is 0.349 e. The Kier molecular flexibility index (Phi) is 8.14. The summed E-state index contributed by atoms with van der Waals surface area (Å²) >= 11 is 0. The van der Waals surface area contributed by atoms with E-state index in [4.69, 9.17) is 10.2 Å². The molecule has 22 heavy (non-hydrogen) atoms. The van der Waals surface area contributed by atoms with Gasteiger partial charge in [0.1, 0.15) is 0 Å². The number of ether oxygens (including phenoxy) is 2. The highest BCUT2D eigenvalue weighted by Crippen LogP contribution is 2.12. The number of aliphatic carboxylic acids is 2. The topological polar surface area (TPSA) is 127 Å². The quantitative estimate of drug-likeness (QED) is 0.604. The lowest BCUT2D eigenvalue weighted by Gasteiger charge is -2.21. The number of esters is 2. The van der Waals surface area contributed by atoms with Crippen LogP contribution in [0.2, 0.25) is 0 Å². The summed E-state index contributed by atoms with van der Waals surface area (Å²) in [4.78, 5) is 45.4. The van der Waals surface area contributed by atoms with E-state index < -0.39 is 36.1 Å². The fraction of sp³-hybridized carbons (Fsp3) is 0.714. The van der Waals surface area contributed by atoms with E-state index >= 15 is 0 Å². The van der Waals surface area contributed by atoms with Gasteiger partial charge in [0.05, 0.1) is 0 Å². The third-order valence-electron chi connectivity index (χ3n) is 2.43. The van der Waals surface area contributed by atoms with Crippen LogP contribution in [0.4, 0.5) is 0 Å². The maximum absolute atomic E-state index is 11.5. The third kappa shape index (κ3) is 7.61. The standard InChI is InChI=1S/C14H22O8/c1-7(2)5-9(15)21-11(13(17)18)12(14(19)20)22-10(16)6-8(3)4/h7-8,11-12H,5-6H2,1-4H3,(H,17,18)(H,19,20). The fourth-order valence-corrected chi connectivity index (χ4v) is 1.53. The summed E-state index contributed by atoms with van der Waals surface area (Å²) in [6.07, 6.45) is -4.31. The van der Waals surface area contributed by atoms with Gasteiger partial charge >= 0.3 is 23.9 Å². The van der Waals surface area contributed by atoms with Gasteiger partial charge in [0.2, 0.25) is 12.2 Å². The molecule has 0 aliphatic rings. The van der Waals surface area contributed by atoms with Gasteiger partial charge in [0.25, 0.3) is 0 Å². The molecular weight excluding hydrogens is 296 g/mol. The summed E-state index contributed by atoms with van der Waals surface area (Å²) in [5, 5.41) is 18.1. The summed E-state index contributed by atoms with van der Waals surface area (Å²) in [6.45, 7) is 6.87. The van der Waals surface area contributed by atoms with Gasteiger partial charge in [0, 0.05) is 12.8 Å². The third-order valence-corrected chi connectivity index (χ3v) is 2.43. The summed E-state index contributed by atoms with van der Waals surface area (Å²) in [7, 11) is 0. The zero-order chi connectivity index (χ0) is 17.4. The summed E-state index contributed by atoms with van der Waals surface area (Å²) in [5.41, 5.74) is 0. The minimum absolute atomic E-state index is 0.0734. The molecule has 0 amide bonds. The Morgan fingerprint density at radius 2 is 1.00 bits per heavy atom. The van der Waals surface area contributed by atoms with Crippen LogP contribution >= 0.6 is 0 Å². The first kappa shape index (κ1) is 19.9. The Balaban J connectivity index is 5.04. The number of carboxylic acid groups (broad SMARTS) is 2. The predicted molar refractivity (Wildman–Crippen MR) is 73.9 cm³/mol. The first-order chi connectivity index (χ1) is 10.0. The molecule has 0 rings (SSSR count). The van der Waals surface area contributed by atoms with Crippen molar-refractivity contribution in [1.82, 2.24) is 0 Å². The van der Waals surface area contributed by atoms with Crippen molar-refractivity contribution in [3.63, 3.8) is 0 Å². The molecular formula is C14H22O8. The average Bonchev–Trinajstić information content (AvgIpc) is 2.30. The molecule has 0 aliphatic heterocycles. The predicted octanol–water partition coefficient (Wildman–Crippen LogP) is 1.07. The molecule has 0 fully saturated rings. The van der Waals surface area contributed by atoms with Gasteiger partial charge in [-0.1, -0.05) is 27.7 Å². The molecule has 0 saturated carbocycles. The van der Waals surface area contributed by atoms with E-state index in [0.29, 0.717) is 0 Å². The van der Waals surface area contributed by atoms with Gasteiger partial charge in [0.15, 0.2) is 0 Å². The molecule has 0 aromatic rings. The van der Waals surface area contributed by atoms with Crippen LogP contribution in [0.15, 0.2) is 0 Å². The van der Waals surface area contributed by atoms with Crippen LogP contribution in [0.3, 0.4) is 0 Å². The molecule has 0 aromatic carbocycles. The molecule has 0 spiro atoms. The van der Waals surface area contributed by atoms with Gasteiger partial charge in [-0.15, -0.1) is 0 Å². The Bertz CT molecular complexity index is 387. The monoisotopic (exact) mass is 318 g/mol. The van der Waals surface area contributed by atoms with Crippen molar-refractivity contribution >= 4 is 23.9 Å². The minimum atomic E-state index is -2.08. The number of rotatable bonds is 9. The van der Waals surface area contributed by atoms with E-state index in [-0.39, 0.29) is 24.7 Å². The first-order valence-electron chi connectivity index (χ1n) is 6.89. The van der Waals surface area contributed by atoms with Crippen molar-refractivity contribution in [3.8, 4) is 0 Å². The Hall–Kier alpha value is -2.12. The molecule has 0 radical (unpaired) electrons. The summed E-state index contributed by atoms with van der Waals surface area (Å²) < 4.78 is 9.31. The van der Waals surface area contributed by atoms with Gasteiger partial charge in [-0.3, -0.25) is 9.59 Å². The van der Waals surface area contributed by atoms with Crippen LogP contribution in [-0.4, -0.2) is 46.3 Å². The Morgan fingerprint density at radius 3 is 1.18 bits per heavy atom. The second-order valence-corrected chi connectivity index (χ2v) is 5.69. The van der Waals surface area contributed by atoms with Crippen molar-refractivity contribution in [2.75, 3.05) is 0 Å². The molecule has 0 saturated heterocycles. The van der Waals surface area contributed by atoms with Crippen LogP contribution in [-0.2, 0) is 28.7 Å². The lowest BCUT2D eigenvalue weighted by Crippen LogP contribution is -2.46. The molecule has 8 heteroatoms. The second kappa shape index (κ2) is 9.01. The first-order valence-corrected chi connectivity index (χ1v) is 6.89. The van der Waals surface area contributed by atoms with Crippen molar-refractivity contribution in [2.24, 2.45) is 11.8 Å². The van der Waals surface area contributed by atoms with E-state index in [1.54, 1.807) is 27.7 Å². The molecule has 0 aromatic heterocycles. The number of carbonyl (C=O) groups excluding carboxylic acids is 2. The molecule has 0 aliphatic carbocycles. The summed E-state index contributed by atoms with van der Waals surface area (Å²) in [5.74, 6) is -5.30. The van der Waals surface area contributed by atoms with Gasteiger partial charge in [-0.05, 0) is 11.8 Å². The average molecular weight is 318 g/mol. The fourth-order valence-electron chi connectivity index (χ4n) is 1.53. The smallest absolute Gasteiger partial charge is 0.349 e. The molecule has 0 bridgehead atoms. The number of hydrogen-bond acceptors (Lipinski definition) is 6. The van der Waals surface area contributed by atoms with Crippen LogP contribution in [0.25, 0.3) is 0 Å². The van der Waals surface area contributed by atoms with Crippen LogP contribution in [0.1, 0.15) is 40.5 Å². The van der Waals surface area contributed by atoms with Gasteiger partial charge in [-0.2, -0.15) is 0 Å². The van der Waals surface area contributed by atoms with E-state index in [1.165, 1.54) is 0 Å². The van der Waals surface area contributed by atoms with Crippen molar-refractivity contribution in [3.05, 3.63) is 0 Å². The van der Waals surface area contributed by atoms with Crippen molar-refractivity contribution in [1.29, 1.82) is 0 Å². The number of carboxylic acids is 2. The normalized spacial score (nSPS) is 13.5. The van der Waals surface area contributed by atoms with E-state index in [1.807, 2.05) is 0 Å². The molecule has 8 nitrogen and oxygen atoms in total. The van der Waals surface area contributed by atoms with E-state index in [0.717, 1.165) is 0 Å². The molecule has 2 N–H and O–H groups in total. The van der Waals surface area contributed by atoms with Crippen LogP contribution in [0.5, 0.6) is 0 Å². The molecule has 0 heterocycles. The number of carbonyl (C=O) groups is 4. The van der Waals surface area contributed by atoms with E-state index in [2.05, 4.69) is 9.47 Å². The highest BCUT2D eigenvalue weighted by Gasteiger charge is 2.40. The minimum Gasteiger partial charge on any atom is -0.478 e. The Labute approximate surface area is 128 Å². The van der Waals surface area contributed by atoms with E-state index in [9.17, 15) is 19.2 Å². The SMILES string of the molecule is CC(C)CC(=O)OC(C(=O)O)C(OC(=O)CC(C)C)C(=O)O. The lowest BCUT2D eigenvalue weighted by atomic mass is 10.1.